The van der Waals surface area contributed by atoms with Gasteiger partial charge >= 0.3 is 5.76 Å². The zero-order valence-electron chi connectivity index (χ0n) is 11.0. The number of aliphatic hydroxyl groups is 1. The molecule has 1 heterocycles. The Morgan fingerprint density at radius 1 is 1.24 bits per heavy atom. The summed E-state index contributed by atoms with van der Waals surface area (Å²) in [6.07, 6.45) is -0.825. The molecule has 1 unspecified atom stereocenters. The van der Waals surface area contributed by atoms with Crippen molar-refractivity contribution < 1.29 is 9.52 Å². The fourth-order valence-electron chi connectivity index (χ4n) is 2.20. The van der Waals surface area contributed by atoms with Gasteiger partial charge in [-0.2, -0.15) is 0 Å². The highest BCUT2D eigenvalue weighted by atomic mass is 79.9. The van der Waals surface area contributed by atoms with Crippen LogP contribution in [0.3, 0.4) is 0 Å². The molecular formula is C15H11BrClNO3. The summed E-state index contributed by atoms with van der Waals surface area (Å²) in [4.78, 5) is 11.5. The molecule has 0 bridgehead atoms. The van der Waals surface area contributed by atoms with Gasteiger partial charge in [-0.05, 0) is 51.3 Å². The second-order valence-corrected chi connectivity index (χ2v) is 5.99. The van der Waals surface area contributed by atoms with Crippen molar-refractivity contribution in [3.63, 3.8) is 0 Å². The second kappa shape index (κ2) is 5.33. The number of fused-ring (bicyclic) bond motifs is 1. The number of halogens is 2. The third kappa shape index (κ3) is 2.52. The van der Waals surface area contributed by atoms with Crippen LogP contribution in [-0.4, -0.2) is 9.67 Å². The molecule has 0 aliphatic carbocycles. The zero-order valence-corrected chi connectivity index (χ0v) is 13.4. The van der Waals surface area contributed by atoms with Gasteiger partial charge in [0.05, 0.1) is 10.5 Å². The predicted octanol–water partition coefficient (Wildman–Crippen LogP) is 3.63. The Labute approximate surface area is 133 Å². The quantitative estimate of drug-likeness (QED) is 0.751. The number of aromatic nitrogens is 1. The first-order chi connectivity index (χ1) is 9.97. The van der Waals surface area contributed by atoms with Crippen LogP contribution in [0.4, 0.5) is 0 Å². The fraction of sp³-hybridized carbons (Fsp3) is 0.133. The molecule has 1 N–H and O–H groups in total. The molecule has 1 aromatic heterocycles. The molecule has 0 radical (unpaired) electrons. The van der Waals surface area contributed by atoms with Gasteiger partial charge in [0.2, 0.25) is 0 Å². The second-order valence-electron chi connectivity index (χ2n) is 4.73. The highest BCUT2D eigenvalue weighted by molar-refractivity contribution is 9.10. The molecule has 1 atom stereocenters. The van der Waals surface area contributed by atoms with Crippen LogP contribution in [0.15, 0.2) is 50.1 Å². The van der Waals surface area contributed by atoms with Crippen molar-refractivity contribution in [2.75, 3.05) is 0 Å². The molecule has 108 valence electrons. The van der Waals surface area contributed by atoms with Gasteiger partial charge in [-0.25, -0.2) is 4.79 Å². The summed E-state index contributed by atoms with van der Waals surface area (Å²) in [5.74, 6) is -0.425. The van der Waals surface area contributed by atoms with Crippen molar-refractivity contribution in [2.24, 2.45) is 7.05 Å². The molecule has 0 saturated heterocycles. The highest BCUT2D eigenvalue weighted by Crippen LogP contribution is 2.30. The number of aryl methyl sites for hydroxylation is 1. The lowest BCUT2D eigenvalue weighted by atomic mass is 10.0. The van der Waals surface area contributed by atoms with E-state index in [1.165, 1.54) is 4.57 Å². The van der Waals surface area contributed by atoms with E-state index in [4.69, 9.17) is 16.0 Å². The molecular weight excluding hydrogens is 358 g/mol. The molecule has 0 spiro atoms. The van der Waals surface area contributed by atoms with Gasteiger partial charge in [-0.15, -0.1) is 0 Å². The smallest absolute Gasteiger partial charge is 0.408 e. The van der Waals surface area contributed by atoms with Crippen molar-refractivity contribution >= 4 is 38.6 Å². The SMILES string of the molecule is Cn1c(=O)oc2cc(C(O)c3ccc(Cl)c(Br)c3)ccc21. The zero-order chi connectivity index (χ0) is 15.1. The number of hydrogen-bond acceptors (Lipinski definition) is 3. The molecule has 4 nitrogen and oxygen atoms in total. The summed E-state index contributed by atoms with van der Waals surface area (Å²) in [5.41, 5.74) is 2.48. The van der Waals surface area contributed by atoms with E-state index in [2.05, 4.69) is 15.9 Å². The molecule has 3 aromatic rings. The van der Waals surface area contributed by atoms with E-state index < -0.39 is 11.9 Å². The monoisotopic (exact) mass is 367 g/mol. The van der Waals surface area contributed by atoms with Crippen LogP contribution in [0.1, 0.15) is 17.2 Å². The average Bonchev–Trinajstić information content (AvgIpc) is 2.76. The van der Waals surface area contributed by atoms with E-state index >= 15 is 0 Å². The summed E-state index contributed by atoms with van der Waals surface area (Å²) in [5, 5.41) is 11.0. The van der Waals surface area contributed by atoms with Gasteiger partial charge < -0.3 is 9.52 Å². The average molecular weight is 369 g/mol. The van der Waals surface area contributed by atoms with E-state index in [-0.39, 0.29) is 0 Å². The summed E-state index contributed by atoms with van der Waals surface area (Å²) < 4.78 is 7.27. The van der Waals surface area contributed by atoms with Crippen LogP contribution in [0.5, 0.6) is 0 Å². The molecule has 21 heavy (non-hydrogen) atoms. The minimum Gasteiger partial charge on any atom is -0.408 e. The predicted molar refractivity (Wildman–Crippen MR) is 84.7 cm³/mol. The lowest BCUT2D eigenvalue weighted by molar-refractivity contribution is 0.220. The number of aliphatic hydroxyl groups excluding tert-OH is 1. The minimum absolute atomic E-state index is 0.425. The van der Waals surface area contributed by atoms with Gasteiger partial charge in [0, 0.05) is 11.5 Å². The van der Waals surface area contributed by atoms with E-state index in [1.54, 1.807) is 43.4 Å². The standard InChI is InChI=1S/C15H11BrClNO3/c1-18-12-5-3-9(7-13(12)21-15(18)20)14(19)8-2-4-11(17)10(16)6-8/h2-7,14,19H,1H3. The Bertz CT molecular complexity index is 884. The van der Waals surface area contributed by atoms with Crippen LogP contribution < -0.4 is 5.76 Å². The Balaban J connectivity index is 2.06. The van der Waals surface area contributed by atoms with Gasteiger partial charge in [0.1, 0.15) is 6.10 Å². The molecule has 0 aliphatic rings. The van der Waals surface area contributed by atoms with E-state index in [0.717, 1.165) is 0 Å². The normalized spacial score (nSPS) is 12.8. The highest BCUT2D eigenvalue weighted by Gasteiger charge is 2.14. The van der Waals surface area contributed by atoms with Gasteiger partial charge in [0.15, 0.2) is 5.58 Å². The fourth-order valence-corrected chi connectivity index (χ4v) is 2.71. The molecule has 0 aliphatic heterocycles. The van der Waals surface area contributed by atoms with E-state index in [1.807, 2.05) is 0 Å². The van der Waals surface area contributed by atoms with Crippen molar-refractivity contribution in [1.29, 1.82) is 0 Å². The third-order valence-electron chi connectivity index (χ3n) is 3.39. The topological polar surface area (TPSA) is 55.4 Å². The van der Waals surface area contributed by atoms with Crippen molar-refractivity contribution in [2.45, 2.75) is 6.10 Å². The van der Waals surface area contributed by atoms with Gasteiger partial charge in [-0.3, -0.25) is 4.57 Å². The molecule has 3 rings (SSSR count). The van der Waals surface area contributed by atoms with Crippen LogP contribution in [0.2, 0.25) is 5.02 Å². The summed E-state index contributed by atoms with van der Waals surface area (Å²) >= 11 is 9.28. The first kappa shape index (κ1) is 14.4. The number of oxazole rings is 1. The summed E-state index contributed by atoms with van der Waals surface area (Å²) in [7, 11) is 1.64. The molecule has 6 heteroatoms. The largest absolute Gasteiger partial charge is 0.419 e. The van der Waals surface area contributed by atoms with Crippen molar-refractivity contribution in [1.82, 2.24) is 4.57 Å². The van der Waals surface area contributed by atoms with E-state index in [0.29, 0.717) is 31.7 Å². The van der Waals surface area contributed by atoms with Crippen LogP contribution in [0, 0.1) is 0 Å². The van der Waals surface area contributed by atoms with Gasteiger partial charge in [-0.1, -0.05) is 23.7 Å². The Kier molecular flexibility index (Phi) is 3.65. The van der Waals surface area contributed by atoms with Crippen molar-refractivity contribution in [3.05, 3.63) is 67.6 Å². The number of benzene rings is 2. The molecule has 0 amide bonds. The summed E-state index contributed by atoms with van der Waals surface area (Å²) in [6, 6.07) is 10.4. The Hall–Kier alpha value is -1.56. The van der Waals surface area contributed by atoms with Crippen LogP contribution >= 0.6 is 27.5 Å². The first-order valence-electron chi connectivity index (χ1n) is 6.20. The van der Waals surface area contributed by atoms with Crippen LogP contribution in [-0.2, 0) is 7.05 Å². The molecule has 2 aromatic carbocycles. The number of hydrogen-bond donors (Lipinski definition) is 1. The maximum atomic E-state index is 11.5. The Morgan fingerprint density at radius 3 is 2.62 bits per heavy atom. The number of nitrogens with zero attached hydrogens (tertiary/aromatic N) is 1. The minimum atomic E-state index is -0.825. The molecule has 0 fully saturated rings. The lowest BCUT2D eigenvalue weighted by Gasteiger charge is -2.12. The third-order valence-corrected chi connectivity index (χ3v) is 4.61. The maximum Gasteiger partial charge on any atom is 0.419 e. The first-order valence-corrected chi connectivity index (χ1v) is 7.37. The van der Waals surface area contributed by atoms with Crippen molar-refractivity contribution in [3.8, 4) is 0 Å². The number of rotatable bonds is 2. The maximum absolute atomic E-state index is 11.5. The Morgan fingerprint density at radius 2 is 1.90 bits per heavy atom. The summed E-state index contributed by atoms with van der Waals surface area (Å²) in [6.45, 7) is 0. The molecule has 0 saturated carbocycles. The lowest BCUT2D eigenvalue weighted by Crippen LogP contribution is -2.08. The van der Waals surface area contributed by atoms with Crippen LogP contribution in [0.25, 0.3) is 11.1 Å². The van der Waals surface area contributed by atoms with E-state index in [9.17, 15) is 9.90 Å². The van der Waals surface area contributed by atoms with Gasteiger partial charge in [0.25, 0.3) is 0 Å².